The van der Waals surface area contributed by atoms with Crippen molar-refractivity contribution in [3.63, 3.8) is 0 Å². The molecule has 0 saturated carbocycles. The second-order valence-electron chi connectivity index (χ2n) is 6.72. The van der Waals surface area contributed by atoms with E-state index in [-0.39, 0.29) is 0 Å². The summed E-state index contributed by atoms with van der Waals surface area (Å²) >= 11 is 1.56. The van der Waals surface area contributed by atoms with E-state index < -0.39 is 5.97 Å². The molecule has 1 aromatic carbocycles. The Kier molecular flexibility index (Phi) is 7.21. The van der Waals surface area contributed by atoms with Crippen LogP contribution >= 0.6 is 11.3 Å². The van der Waals surface area contributed by atoms with Crippen LogP contribution in [0.1, 0.15) is 30.7 Å². The minimum atomic E-state index is -0.441. The Labute approximate surface area is 179 Å². The third kappa shape index (κ3) is 4.87. The summed E-state index contributed by atoms with van der Waals surface area (Å²) < 4.78 is 11.0. The Morgan fingerprint density at radius 2 is 2.03 bits per heavy atom. The maximum Gasteiger partial charge on any atom is 0.341 e. The molecule has 7 heteroatoms. The fraction of sp³-hybridized carbons (Fsp3) is 0.217. The molecule has 0 aliphatic heterocycles. The number of benzene rings is 1. The van der Waals surface area contributed by atoms with Gasteiger partial charge in [0.05, 0.1) is 38.5 Å². The third-order valence-electron chi connectivity index (χ3n) is 4.40. The highest BCUT2D eigenvalue weighted by atomic mass is 32.1. The number of carbonyl (C=O) groups is 1. The first-order valence-corrected chi connectivity index (χ1v) is 10.2. The average molecular weight is 425 g/mol. The van der Waals surface area contributed by atoms with E-state index in [4.69, 9.17) is 14.3 Å². The summed E-state index contributed by atoms with van der Waals surface area (Å²) in [4.78, 5) is 22.3. The summed E-state index contributed by atoms with van der Waals surface area (Å²) in [6.45, 7) is 4.34. The molecule has 0 unspecified atom stereocenters. The van der Waals surface area contributed by atoms with Crippen LogP contribution in [0.3, 0.4) is 0 Å². The summed E-state index contributed by atoms with van der Waals surface area (Å²) in [5.41, 5.74) is 7.87. The Morgan fingerprint density at radius 1 is 1.20 bits per heavy atom. The molecule has 0 atom stereocenters. The van der Waals surface area contributed by atoms with Gasteiger partial charge in [0.1, 0.15) is 5.57 Å². The number of fused-ring (bicyclic) bond motifs is 1. The monoisotopic (exact) mass is 424 g/mol. The highest BCUT2D eigenvalue weighted by Crippen LogP contribution is 2.32. The molecule has 0 aliphatic carbocycles. The minimum absolute atomic E-state index is 0.344. The van der Waals surface area contributed by atoms with E-state index >= 15 is 0 Å². The zero-order valence-corrected chi connectivity index (χ0v) is 18.2. The summed E-state index contributed by atoms with van der Waals surface area (Å²) in [5.74, 6) is -0.441. The second kappa shape index (κ2) is 10.0. The van der Waals surface area contributed by atoms with Crippen molar-refractivity contribution >= 4 is 38.7 Å². The number of carbonyl (C=O) groups excluding carboxylic acids is 1. The van der Waals surface area contributed by atoms with E-state index in [1.165, 1.54) is 20.5 Å². The van der Waals surface area contributed by atoms with Crippen LogP contribution in [-0.2, 0) is 25.7 Å². The first-order chi connectivity index (χ1) is 14.5. The zero-order chi connectivity index (χ0) is 21.5. The molecule has 30 heavy (non-hydrogen) atoms. The predicted molar refractivity (Wildman–Crippen MR) is 119 cm³/mol. The number of hydroxylamine groups is 1. The Balaban J connectivity index is 1.80. The van der Waals surface area contributed by atoms with Gasteiger partial charge < -0.3 is 9.47 Å². The zero-order valence-electron chi connectivity index (χ0n) is 17.4. The highest BCUT2D eigenvalue weighted by molar-refractivity contribution is 7.17. The summed E-state index contributed by atoms with van der Waals surface area (Å²) in [5, 5.41) is 2.87. The first-order valence-electron chi connectivity index (χ1n) is 9.33. The number of nitrogens with one attached hydrogen (secondary N) is 1. The SMILES string of the molecule is COC=C(C(=O)OC)c1csc2ccc(CONC(=C(C)C)c3ccccn3)cc12. The van der Waals surface area contributed by atoms with Gasteiger partial charge in [0.15, 0.2) is 0 Å². The van der Waals surface area contributed by atoms with Crippen molar-refractivity contribution in [2.75, 3.05) is 14.2 Å². The Bertz CT molecular complexity index is 1080. The number of esters is 1. The number of nitrogens with zero attached hydrogens (tertiary/aromatic N) is 1. The fourth-order valence-corrected chi connectivity index (χ4v) is 3.88. The average Bonchev–Trinajstić information content (AvgIpc) is 3.17. The van der Waals surface area contributed by atoms with Crippen LogP contribution in [0.25, 0.3) is 21.4 Å². The molecule has 0 spiro atoms. The van der Waals surface area contributed by atoms with E-state index in [1.807, 2.05) is 55.6 Å². The van der Waals surface area contributed by atoms with E-state index in [0.29, 0.717) is 12.2 Å². The van der Waals surface area contributed by atoms with Crippen LogP contribution in [0.15, 0.2) is 59.8 Å². The number of rotatable bonds is 8. The van der Waals surface area contributed by atoms with E-state index in [9.17, 15) is 4.79 Å². The van der Waals surface area contributed by atoms with Crippen molar-refractivity contribution in [2.24, 2.45) is 0 Å². The van der Waals surface area contributed by atoms with Gasteiger partial charge in [0.2, 0.25) is 0 Å². The lowest BCUT2D eigenvalue weighted by atomic mass is 10.0. The van der Waals surface area contributed by atoms with Crippen LogP contribution in [0.2, 0.25) is 0 Å². The number of aromatic nitrogens is 1. The molecule has 0 fully saturated rings. The van der Waals surface area contributed by atoms with Crippen molar-refractivity contribution in [3.05, 3.63) is 76.6 Å². The quantitative estimate of drug-likeness (QED) is 0.239. The van der Waals surface area contributed by atoms with Gasteiger partial charge in [-0.1, -0.05) is 12.1 Å². The van der Waals surface area contributed by atoms with Crippen LogP contribution in [0, 0.1) is 0 Å². The van der Waals surface area contributed by atoms with Crippen LogP contribution in [0.4, 0.5) is 0 Å². The molecule has 0 radical (unpaired) electrons. The van der Waals surface area contributed by atoms with Crippen molar-refractivity contribution < 1.29 is 19.1 Å². The number of pyridine rings is 1. The first kappa shape index (κ1) is 21.5. The number of hydrogen-bond acceptors (Lipinski definition) is 7. The van der Waals surface area contributed by atoms with Gasteiger partial charge in [-0.15, -0.1) is 11.3 Å². The van der Waals surface area contributed by atoms with Gasteiger partial charge in [0, 0.05) is 27.2 Å². The number of hydrogen-bond donors (Lipinski definition) is 1. The third-order valence-corrected chi connectivity index (χ3v) is 5.37. The van der Waals surface area contributed by atoms with E-state index in [2.05, 4.69) is 10.5 Å². The molecular weight excluding hydrogens is 400 g/mol. The summed E-state index contributed by atoms with van der Waals surface area (Å²) in [6, 6.07) is 11.8. The maximum atomic E-state index is 12.2. The molecule has 2 aromatic heterocycles. The van der Waals surface area contributed by atoms with Crippen LogP contribution in [0.5, 0.6) is 0 Å². The van der Waals surface area contributed by atoms with Gasteiger partial charge in [-0.05, 0) is 49.2 Å². The lowest BCUT2D eigenvalue weighted by Gasteiger charge is -2.13. The smallest absolute Gasteiger partial charge is 0.341 e. The number of ether oxygens (including phenoxy) is 2. The van der Waals surface area contributed by atoms with E-state index in [0.717, 1.165) is 38.2 Å². The van der Waals surface area contributed by atoms with Crippen LogP contribution in [-0.4, -0.2) is 25.2 Å². The van der Waals surface area contributed by atoms with Crippen molar-refractivity contribution in [3.8, 4) is 0 Å². The molecule has 3 aromatic rings. The molecular formula is C23H24N2O4S. The van der Waals surface area contributed by atoms with Crippen molar-refractivity contribution in [1.82, 2.24) is 10.5 Å². The standard InChI is InChI=1S/C23H24N2O4S/c1-15(2)22(20-7-5-6-10-24-20)25-29-12-16-8-9-21-17(11-16)19(14-30-21)18(13-27-3)23(26)28-4/h5-11,13-14,25H,12H2,1-4H3. The molecule has 2 heterocycles. The number of allylic oxidation sites excluding steroid dienone is 1. The molecule has 6 nitrogen and oxygen atoms in total. The summed E-state index contributed by atoms with van der Waals surface area (Å²) in [7, 11) is 2.86. The van der Waals surface area contributed by atoms with E-state index in [1.54, 1.807) is 17.5 Å². The Hall–Kier alpha value is -3.16. The molecule has 0 amide bonds. The maximum absolute atomic E-state index is 12.2. The molecule has 0 saturated heterocycles. The van der Waals surface area contributed by atoms with Crippen molar-refractivity contribution in [2.45, 2.75) is 20.5 Å². The number of thiophene rings is 1. The highest BCUT2D eigenvalue weighted by Gasteiger charge is 2.18. The molecule has 0 bridgehead atoms. The second-order valence-corrected chi connectivity index (χ2v) is 7.63. The lowest BCUT2D eigenvalue weighted by molar-refractivity contribution is -0.133. The number of methoxy groups -OCH3 is 2. The van der Waals surface area contributed by atoms with Gasteiger partial charge in [0.25, 0.3) is 0 Å². The minimum Gasteiger partial charge on any atom is -0.503 e. The van der Waals surface area contributed by atoms with Crippen molar-refractivity contribution in [1.29, 1.82) is 0 Å². The largest absolute Gasteiger partial charge is 0.503 e. The Morgan fingerprint density at radius 3 is 2.70 bits per heavy atom. The molecule has 1 N–H and O–H groups in total. The lowest BCUT2D eigenvalue weighted by Crippen LogP contribution is -2.15. The van der Waals surface area contributed by atoms with Gasteiger partial charge in [-0.2, -0.15) is 0 Å². The predicted octanol–water partition coefficient (Wildman–Crippen LogP) is 4.93. The van der Waals surface area contributed by atoms with Crippen LogP contribution < -0.4 is 5.48 Å². The van der Waals surface area contributed by atoms with Gasteiger partial charge in [-0.25, -0.2) is 4.79 Å². The summed E-state index contributed by atoms with van der Waals surface area (Å²) in [6.07, 6.45) is 3.16. The molecule has 0 aliphatic rings. The topological polar surface area (TPSA) is 69.7 Å². The normalized spacial score (nSPS) is 11.3. The van der Waals surface area contributed by atoms with Gasteiger partial charge >= 0.3 is 5.97 Å². The molecule has 3 rings (SSSR count). The fourth-order valence-electron chi connectivity index (χ4n) is 2.94. The molecule has 156 valence electrons. The van der Waals surface area contributed by atoms with Gasteiger partial charge in [-0.3, -0.25) is 15.3 Å².